The van der Waals surface area contributed by atoms with Crippen LogP contribution in [0.3, 0.4) is 0 Å². The Kier molecular flexibility index (Phi) is 7.67. The van der Waals surface area contributed by atoms with Gasteiger partial charge in [-0.2, -0.15) is 0 Å². The summed E-state index contributed by atoms with van der Waals surface area (Å²) >= 11 is 5.88. The Bertz CT molecular complexity index is 1290. The lowest BCUT2D eigenvalue weighted by atomic mass is 9.74. The van der Waals surface area contributed by atoms with Crippen molar-refractivity contribution in [2.75, 3.05) is 26.1 Å². The van der Waals surface area contributed by atoms with Gasteiger partial charge in [-0.1, -0.05) is 24.6 Å². The second-order valence-electron chi connectivity index (χ2n) is 8.66. The minimum Gasteiger partial charge on any atom is -0.494 e. The van der Waals surface area contributed by atoms with Crippen LogP contribution in [0.1, 0.15) is 50.4 Å². The van der Waals surface area contributed by atoms with Gasteiger partial charge in [0.1, 0.15) is 34.4 Å². The van der Waals surface area contributed by atoms with E-state index in [2.05, 4.69) is 31.8 Å². The molecule has 13 heteroatoms. The topological polar surface area (TPSA) is 130 Å². The number of sulfonamides is 1. The summed E-state index contributed by atoms with van der Waals surface area (Å²) < 4.78 is 48.0. The van der Waals surface area contributed by atoms with E-state index < -0.39 is 21.4 Å². The molecule has 0 aliphatic heterocycles. The second kappa shape index (κ2) is 10.6. The smallest absolute Gasteiger partial charge is 0.243 e. The molecule has 4 atom stereocenters. The number of benzene rings is 1. The van der Waals surface area contributed by atoms with Crippen molar-refractivity contribution < 1.29 is 22.6 Å². The van der Waals surface area contributed by atoms with Gasteiger partial charge < -0.3 is 14.2 Å². The first-order valence-electron chi connectivity index (χ1n) is 11.4. The van der Waals surface area contributed by atoms with Gasteiger partial charge in [0, 0.05) is 25.4 Å². The van der Waals surface area contributed by atoms with E-state index in [0.29, 0.717) is 34.0 Å². The number of para-hydroxylation sites is 1. The van der Waals surface area contributed by atoms with Crippen LogP contribution in [0.15, 0.2) is 30.6 Å². The third-order valence-electron chi connectivity index (χ3n) is 6.56. The van der Waals surface area contributed by atoms with Crippen molar-refractivity contribution in [3.8, 4) is 17.2 Å². The highest BCUT2D eigenvalue weighted by Gasteiger charge is 2.38. The first kappa shape index (κ1) is 26.1. The van der Waals surface area contributed by atoms with Gasteiger partial charge in [-0.3, -0.25) is 9.29 Å². The average Bonchev–Trinajstić information content (AvgIpc) is 3.24. The molecule has 2 aromatic heterocycles. The molecule has 0 bridgehead atoms. The van der Waals surface area contributed by atoms with Gasteiger partial charge >= 0.3 is 0 Å². The number of anilines is 1. The summed E-state index contributed by atoms with van der Waals surface area (Å²) in [7, 11) is 0.410. The van der Waals surface area contributed by atoms with Crippen molar-refractivity contribution in [2.45, 2.75) is 44.0 Å². The molecule has 1 aliphatic carbocycles. The van der Waals surface area contributed by atoms with Gasteiger partial charge in [0.05, 0.1) is 19.2 Å². The Morgan fingerprint density at radius 1 is 1.08 bits per heavy atom. The summed E-state index contributed by atoms with van der Waals surface area (Å²) in [6.07, 6.45) is 3.79. The lowest BCUT2D eigenvalue weighted by Crippen LogP contribution is -2.33. The highest BCUT2D eigenvalue weighted by atomic mass is 35.5. The highest BCUT2D eigenvalue weighted by molar-refractivity contribution is 7.93. The van der Waals surface area contributed by atoms with Crippen molar-refractivity contribution in [1.82, 2.24) is 24.7 Å². The molecule has 0 amide bonds. The zero-order valence-corrected chi connectivity index (χ0v) is 22.2. The SMILES string of the molecule is COc1cccc(OC)c1-n1c(NS(=O)(=O)[C@@H](C)[C@H](OC)c2ncc(Cl)cn2)nnc1[C@@H]1CC[C@H]1C. The molecule has 11 nitrogen and oxygen atoms in total. The number of nitrogens with one attached hydrogen (secondary N) is 1. The molecule has 1 N–H and O–H groups in total. The van der Waals surface area contributed by atoms with Crippen molar-refractivity contribution in [1.29, 1.82) is 0 Å². The molecule has 4 rings (SSSR count). The molecule has 36 heavy (non-hydrogen) atoms. The summed E-state index contributed by atoms with van der Waals surface area (Å²) in [6.45, 7) is 3.64. The molecule has 3 aromatic rings. The molecular formula is C23H29ClN6O5S. The Labute approximate surface area is 215 Å². The van der Waals surface area contributed by atoms with Gasteiger partial charge in [0.25, 0.3) is 0 Å². The largest absolute Gasteiger partial charge is 0.494 e. The Morgan fingerprint density at radius 2 is 1.72 bits per heavy atom. The number of hydrogen-bond acceptors (Lipinski definition) is 9. The number of halogens is 1. The van der Waals surface area contributed by atoms with E-state index in [9.17, 15) is 8.42 Å². The van der Waals surface area contributed by atoms with E-state index >= 15 is 0 Å². The normalized spacial score (nSPS) is 19.3. The van der Waals surface area contributed by atoms with Crippen molar-refractivity contribution >= 4 is 27.6 Å². The van der Waals surface area contributed by atoms with E-state index in [0.717, 1.165) is 12.8 Å². The lowest BCUT2D eigenvalue weighted by molar-refractivity contribution is 0.0950. The number of rotatable bonds is 10. The van der Waals surface area contributed by atoms with E-state index in [1.54, 1.807) is 22.8 Å². The van der Waals surface area contributed by atoms with Crippen LogP contribution >= 0.6 is 11.6 Å². The van der Waals surface area contributed by atoms with Crippen LogP contribution < -0.4 is 14.2 Å². The highest BCUT2D eigenvalue weighted by Crippen LogP contribution is 2.45. The molecular weight excluding hydrogens is 508 g/mol. The van der Waals surface area contributed by atoms with Crippen molar-refractivity contribution in [2.24, 2.45) is 5.92 Å². The fourth-order valence-electron chi connectivity index (χ4n) is 4.28. The van der Waals surface area contributed by atoms with Gasteiger partial charge in [-0.05, 0) is 37.8 Å². The van der Waals surface area contributed by atoms with Crippen LogP contribution in [0.2, 0.25) is 5.02 Å². The predicted octanol–water partition coefficient (Wildman–Crippen LogP) is 3.76. The fourth-order valence-corrected chi connectivity index (χ4v) is 5.51. The quantitative estimate of drug-likeness (QED) is 0.411. The number of nitrogens with zero attached hydrogens (tertiary/aromatic N) is 5. The van der Waals surface area contributed by atoms with Crippen LogP contribution in [0.5, 0.6) is 11.5 Å². The van der Waals surface area contributed by atoms with Gasteiger partial charge in [-0.25, -0.2) is 18.4 Å². The molecule has 1 aliphatic rings. The number of methoxy groups -OCH3 is 3. The van der Waals surface area contributed by atoms with E-state index in [1.165, 1.54) is 40.6 Å². The minimum atomic E-state index is -4.06. The minimum absolute atomic E-state index is 0.0191. The Morgan fingerprint density at radius 3 is 2.22 bits per heavy atom. The van der Waals surface area contributed by atoms with Crippen LogP contribution in [-0.2, 0) is 14.8 Å². The molecule has 1 fully saturated rings. The standard InChI is InChI=1S/C23H29ClN6O5S/c1-13-9-10-16(13)22-27-28-23(30(22)19-17(33-3)7-6-8-18(19)34-4)29-36(31,32)14(2)20(35-5)21-25-11-15(24)12-26-21/h6-8,11-14,16,20H,9-10H2,1-5H3,(H,28,29)/t13-,14+,16-,20+/m1/s1. The van der Waals surface area contributed by atoms with E-state index in [-0.39, 0.29) is 17.7 Å². The molecule has 194 valence electrons. The zero-order chi connectivity index (χ0) is 26.0. The van der Waals surface area contributed by atoms with Crippen LogP contribution in [0.25, 0.3) is 5.69 Å². The van der Waals surface area contributed by atoms with Crippen LogP contribution in [-0.4, -0.2) is 59.7 Å². The lowest BCUT2D eigenvalue weighted by Gasteiger charge is -2.33. The summed E-state index contributed by atoms with van der Waals surface area (Å²) in [5.74, 6) is 2.29. The van der Waals surface area contributed by atoms with Crippen LogP contribution in [0.4, 0.5) is 5.95 Å². The van der Waals surface area contributed by atoms with Gasteiger partial charge in [-0.15, -0.1) is 10.2 Å². The number of aromatic nitrogens is 5. The molecule has 0 radical (unpaired) electrons. The molecule has 1 aromatic carbocycles. The van der Waals surface area contributed by atoms with Gasteiger partial charge in [0.2, 0.25) is 16.0 Å². The third-order valence-corrected chi connectivity index (χ3v) is 8.45. The summed E-state index contributed by atoms with van der Waals surface area (Å²) in [4.78, 5) is 8.26. The maximum atomic E-state index is 13.5. The van der Waals surface area contributed by atoms with Crippen molar-refractivity contribution in [3.63, 3.8) is 0 Å². The monoisotopic (exact) mass is 536 g/mol. The Hall–Kier alpha value is -2.96. The summed E-state index contributed by atoms with van der Waals surface area (Å²) in [5.41, 5.74) is 0.510. The van der Waals surface area contributed by atoms with E-state index in [1.807, 2.05) is 0 Å². The molecule has 1 saturated carbocycles. The summed E-state index contributed by atoms with van der Waals surface area (Å²) in [5, 5.41) is 7.88. The Balaban J connectivity index is 1.78. The molecule has 0 saturated heterocycles. The van der Waals surface area contributed by atoms with Crippen LogP contribution in [0, 0.1) is 5.92 Å². The molecule has 0 spiro atoms. The first-order valence-corrected chi connectivity index (χ1v) is 13.3. The first-order chi connectivity index (χ1) is 17.2. The van der Waals surface area contributed by atoms with E-state index in [4.69, 9.17) is 25.8 Å². The second-order valence-corrected chi connectivity index (χ2v) is 11.1. The average molecular weight is 537 g/mol. The molecule has 2 heterocycles. The number of ether oxygens (including phenoxy) is 3. The maximum Gasteiger partial charge on any atom is 0.243 e. The predicted molar refractivity (Wildman–Crippen MR) is 134 cm³/mol. The number of hydrogen-bond donors (Lipinski definition) is 1. The molecule has 0 unspecified atom stereocenters. The zero-order valence-electron chi connectivity index (χ0n) is 20.7. The third kappa shape index (κ3) is 4.84. The fraction of sp³-hybridized carbons (Fsp3) is 0.478. The summed E-state index contributed by atoms with van der Waals surface area (Å²) in [6, 6.07) is 5.33. The maximum absolute atomic E-state index is 13.5. The van der Waals surface area contributed by atoms with Gasteiger partial charge in [0.15, 0.2) is 5.82 Å². The van der Waals surface area contributed by atoms with Crippen molar-refractivity contribution in [3.05, 3.63) is 47.3 Å².